The van der Waals surface area contributed by atoms with Gasteiger partial charge in [-0.25, -0.2) is 0 Å². The number of fused-ring (bicyclic) bond motifs is 1. The van der Waals surface area contributed by atoms with Gasteiger partial charge in [-0.15, -0.1) is 0 Å². The Balaban J connectivity index is 1.79. The molecule has 1 saturated heterocycles. The number of nitrogens with one attached hydrogen (secondary N) is 1. The summed E-state index contributed by atoms with van der Waals surface area (Å²) in [5.41, 5.74) is 2.68. The van der Waals surface area contributed by atoms with Crippen molar-refractivity contribution in [2.24, 2.45) is 0 Å². The van der Waals surface area contributed by atoms with Crippen LogP contribution in [0.1, 0.15) is 18.1 Å². The normalized spacial score (nSPS) is 18.8. The third-order valence-corrected chi connectivity index (χ3v) is 4.94. The number of ether oxygens (including phenoxy) is 2. The van der Waals surface area contributed by atoms with E-state index in [1.807, 2.05) is 0 Å². The van der Waals surface area contributed by atoms with E-state index in [0.717, 1.165) is 61.5 Å². The van der Waals surface area contributed by atoms with Crippen molar-refractivity contribution in [2.45, 2.75) is 19.8 Å². The zero-order chi connectivity index (χ0) is 14.7. The van der Waals surface area contributed by atoms with Crippen molar-refractivity contribution >= 4 is 15.9 Å². The first-order valence-corrected chi connectivity index (χ1v) is 8.61. The van der Waals surface area contributed by atoms with E-state index >= 15 is 0 Å². The van der Waals surface area contributed by atoms with Crippen LogP contribution < -0.4 is 14.8 Å². The molecule has 0 aromatic heterocycles. The Hall–Kier alpha value is -0.780. The Morgan fingerprint density at radius 3 is 2.71 bits per heavy atom. The van der Waals surface area contributed by atoms with Gasteiger partial charge < -0.3 is 19.7 Å². The van der Waals surface area contributed by atoms with Gasteiger partial charge in [-0.1, -0.05) is 22.9 Å². The highest BCUT2D eigenvalue weighted by Crippen LogP contribution is 2.40. The largest absolute Gasteiger partial charge is 0.486 e. The van der Waals surface area contributed by atoms with Crippen LogP contribution in [0, 0.1) is 0 Å². The lowest BCUT2D eigenvalue weighted by Crippen LogP contribution is -2.44. The molecule has 116 valence electrons. The minimum absolute atomic E-state index is 0.642. The van der Waals surface area contributed by atoms with Gasteiger partial charge in [0.2, 0.25) is 0 Å². The van der Waals surface area contributed by atoms with Crippen molar-refractivity contribution in [2.75, 3.05) is 45.9 Å². The second-order valence-corrected chi connectivity index (χ2v) is 6.39. The molecule has 0 aliphatic carbocycles. The smallest absolute Gasteiger partial charge is 0.164 e. The van der Waals surface area contributed by atoms with Crippen molar-refractivity contribution in [3.05, 3.63) is 21.7 Å². The Morgan fingerprint density at radius 2 is 1.95 bits per heavy atom. The Kier molecular flexibility index (Phi) is 5.03. The summed E-state index contributed by atoms with van der Waals surface area (Å²) in [5.74, 6) is 1.85. The molecule has 2 heterocycles. The van der Waals surface area contributed by atoms with Gasteiger partial charge in [0.1, 0.15) is 13.2 Å². The van der Waals surface area contributed by atoms with Crippen LogP contribution in [0.4, 0.5) is 0 Å². The summed E-state index contributed by atoms with van der Waals surface area (Å²) in [6.07, 6.45) is 2.03. The lowest BCUT2D eigenvalue weighted by molar-refractivity contribution is 0.169. The monoisotopic (exact) mass is 354 g/mol. The van der Waals surface area contributed by atoms with Crippen LogP contribution in [0.5, 0.6) is 11.5 Å². The van der Waals surface area contributed by atoms with Gasteiger partial charge in [0.25, 0.3) is 0 Å². The summed E-state index contributed by atoms with van der Waals surface area (Å²) in [6, 6.07) is 2.07. The molecular weight excluding hydrogens is 332 g/mol. The van der Waals surface area contributed by atoms with Crippen LogP contribution in [0.3, 0.4) is 0 Å². The van der Waals surface area contributed by atoms with Crippen molar-refractivity contribution < 1.29 is 9.47 Å². The summed E-state index contributed by atoms with van der Waals surface area (Å²) in [4.78, 5) is 2.53. The first kappa shape index (κ1) is 15.1. The highest BCUT2D eigenvalue weighted by atomic mass is 79.9. The highest BCUT2D eigenvalue weighted by molar-refractivity contribution is 9.10. The average Bonchev–Trinajstić information content (AvgIpc) is 2.53. The third kappa shape index (κ3) is 3.35. The molecule has 4 nitrogen and oxygen atoms in total. The number of hydrogen-bond donors (Lipinski definition) is 1. The minimum Gasteiger partial charge on any atom is -0.486 e. The standard InChI is InChI=1S/C16H23BrN2O2/c1-2-12-13(3-6-19-7-4-18-5-8-19)14(17)11-15-16(12)21-10-9-20-15/h11,18H,2-10H2,1H3. The van der Waals surface area contributed by atoms with E-state index < -0.39 is 0 Å². The molecule has 0 spiro atoms. The van der Waals surface area contributed by atoms with Gasteiger partial charge in [0, 0.05) is 42.8 Å². The van der Waals surface area contributed by atoms with E-state index in [1.54, 1.807) is 0 Å². The molecule has 0 amide bonds. The van der Waals surface area contributed by atoms with E-state index in [4.69, 9.17) is 9.47 Å². The average molecular weight is 355 g/mol. The van der Waals surface area contributed by atoms with Crippen molar-refractivity contribution in [3.8, 4) is 11.5 Å². The highest BCUT2D eigenvalue weighted by Gasteiger charge is 2.21. The number of benzene rings is 1. The Bertz CT molecular complexity index is 502. The maximum atomic E-state index is 5.86. The molecule has 3 rings (SSSR count). The Labute approximate surface area is 134 Å². The summed E-state index contributed by atoms with van der Waals surface area (Å²) in [7, 11) is 0. The van der Waals surface area contributed by atoms with Crippen LogP contribution >= 0.6 is 15.9 Å². The first-order chi connectivity index (χ1) is 10.3. The molecule has 2 aliphatic rings. The van der Waals surface area contributed by atoms with Crippen molar-refractivity contribution in [3.63, 3.8) is 0 Å². The number of piperazine rings is 1. The van der Waals surface area contributed by atoms with E-state index in [9.17, 15) is 0 Å². The zero-order valence-electron chi connectivity index (χ0n) is 12.6. The molecule has 0 radical (unpaired) electrons. The van der Waals surface area contributed by atoms with Gasteiger partial charge in [0.15, 0.2) is 11.5 Å². The predicted molar refractivity (Wildman–Crippen MR) is 87.5 cm³/mol. The molecule has 1 N–H and O–H groups in total. The predicted octanol–water partition coefficient (Wildman–Crippen LogP) is 2.23. The van der Waals surface area contributed by atoms with Crippen LogP contribution in [-0.2, 0) is 12.8 Å². The minimum atomic E-state index is 0.642. The topological polar surface area (TPSA) is 33.7 Å². The van der Waals surface area contributed by atoms with Crippen molar-refractivity contribution in [1.82, 2.24) is 10.2 Å². The molecule has 0 unspecified atom stereocenters. The number of rotatable bonds is 4. The summed E-state index contributed by atoms with van der Waals surface area (Å²) < 4.78 is 12.7. The maximum Gasteiger partial charge on any atom is 0.164 e. The number of nitrogens with zero attached hydrogens (tertiary/aromatic N) is 1. The molecule has 0 atom stereocenters. The SMILES string of the molecule is CCc1c(CCN2CCNCC2)c(Br)cc2c1OCCO2. The van der Waals surface area contributed by atoms with Gasteiger partial charge >= 0.3 is 0 Å². The maximum absolute atomic E-state index is 5.86. The molecular formula is C16H23BrN2O2. The molecule has 2 aliphatic heterocycles. The van der Waals surface area contributed by atoms with Gasteiger partial charge in [0.05, 0.1) is 0 Å². The molecule has 5 heteroatoms. The van der Waals surface area contributed by atoms with Gasteiger partial charge in [-0.2, -0.15) is 0 Å². The lowest BCUT2D eigenvalue weighted by Gasteiger charge is -2.28. The van der Waals surface area contributed by atoms with E-state index in [-0.39, 0.29) is 0 Å². The first-order valence-electron chi connectivity index (χ1n) is 7.82. The lowest BCUT2D eigenvalue weighted by atomic mass is 10.00. The van der Waals surface area contributed by atoms with Crippen LogP contribution in [0.15, 0.2) is 10.5 Å². The fourth-order valence-corrected chi connectivity index (χ4v) is 3.75. The second-order valence-electron chi connectivity index (χ2n) is 5.53. The molecule has 21 heavy (non-hydrogen) atoms. The summed E-state index contributed by atoms with van der Waals surface area (Å²) >= 11 is 3.73. The van der Waals surface area contributed by atoms with E-state index in [1.165, 1.54) is 11.1 Å². The fourth-order valence-electron chi connectivity index (χ4n) is 3.11. The van der Waals surface area contributed by atoms with Crippen molar-refractivity contribution in [1.29, 1.82) is 0 Å². The van der Waals surface area contributed by atoms with E-state index in [2.05, 4.69) is 39.1 Å². The molecule has 0 bridgehead atoms. The number of hydrogen-bond acceptors (Lipinski definition) is 4. The van der Waals surface area contributed by atoms with Gasteiger partial charge in [-0.3, -0.25) is 0 Å². The quantitative estimate of drug-likeness (QED) is 0.898. The van der Waals surface area contributed by atoms with Crippen LogP contribution in [-0.4, -0.2) is 50.8 Å². The zero-order valence-corrected chi connectivity index (χ0v) is 14.2. The molecule has 0 saturated carbocycles. The fraction of sp³-hybridized carbons (Fsp3) is 0.625. The molecule has 1 aromatic carbocycles. The molecule has 1 fully saturated rings. The molecule has 1 aromatic rings. The van der Waals surface area contributed by atoms with Crippen LogP contribution in [0.25, 0.3) is 0 Å². The number of halogens is 1. The third-order valence-electron chi connectivity index (χ3n) is 4.24. The van der Waals surface area contributed by atoms with Gasteiger partial charge in [-0.05, 0) is 24.5 Å². The summed E-state index contributed by atoms with van der Waals surface area (Å²) in [6.45, 7) is 9.07. The Morgan fingerprint density at radius 1 is 1.19 bits per heavy atom. The summed E-state index contributed by atoms with van der Waals surface area (Å²) in [5, 5.41) is 3.40. The second kappa shape index (κ2) is 6.99. The van der Waals surface area contributed by atoms with E-state index in [0.29, 0.717) is 13.2 Å². The van der Waals surface area contributed by atoms with Crippen LogP contribution in [0.2, 0.25) is 0 Å².